The number of rotatable bonds is 2. The quantitative estimate of drug-likeness (QED) is 0.415. The molecule has 0 spiro atoms. The van der Waals surface area contributed by atoms with Crippen LogP contribution in [0.25, 0.3) is 0 Å². The molecular weight excluding hydrogens is 108 g/mol. The number of aliphatic hydroxyl groups excluding tert-OH is 1. The Morgan fingerprint density at radius 2 is 2.00 bits per heavy atom. The van der Waals surface area contributed by atoms with Crippen LogP contribution >= 0.6 is 12.6 Å². The molecule has 0 saturated carbocycles. The van der Waals surface area contributed by atoms with Crippen molar-refractivity contribution in [1.29, 1.82) is 0 Å². The first-order valence-corrected chi connectivity index (χ1v) is 3.00. The molecular formula is C5H12OS. The molecule has 0 aliphatic heterocycles. The first-order chi connectivity index (χ1) is 3.13. The normalized spacial score (nSPS) is 15.0. The molecule has 2 heteroatoms. The number of aliphatic hydroxyl groups is 1. The van der Waals surface area contributed by atoms with Gasteiger partial charge in [-0.15, -0.1) is 12.6 Å². The lowest BCUT2D eigenvalue weighted by atomic mass is 10.1. The van der Waals surface area contributed by atoms with Gasteiger partial charge in [-0.25, -0.2) is 0 Å². The van der Waals surface area contributed by atoms with E-state index in [1.165, 1.54) is 0 Å². The molecule has 0 aliphatic rings. The summed E-state index contributed by atoms with van der Waals surface area (Å²) in [5.41, 5.74) is -0.431. The number of hydrogen-bond donors (Lipinski definition) is 2. The van der Waals surface area contributed by atoms with E-state index in [1.54, 1.807) is 0 Å². The van der Waals surface area contributed by atoms with E-state index in [0.29, 0.717) is 5.92 Å². The molecule has 1 N–H and O–H groups in total. The SMILES string of the molecule is CC(C)CC(O)S. The van der Waals surface area contributed by atoms with Crippen LogP contribution in [-0.4, -0.2) is 10.5 Å². The molecule has 0 bridgehead atoms. The van der Waals surface area contributed by atoms with Crippen molar-refractivity contribution in [2.24, 2.45) is 5.92 Å². The van der Waals surface area contributed by atoms with Gasteiger partial charge in [-0.2, -0.15) is 0 Å². The van der Waals surface area contributed by atoms with E-state index in [9.17, 15) is 0 Å². The van der Waals surface area contributed by atoms with Gasteiger partial charge in [0.1, 0.15) is 0 Å². The lowest BCUT2D eigenvalue weighted by Crippen LogP contribution is -2.00. The Morgan fingerprint density at radius 3 is 2.00 bits per heavy atom. The van der Waals surface area contributed by atoms with Crippen molar-refractivity contribution in [3.05, 3.63) is 0 Å². The van der Waals surface area contributed by atoms with Gasteiger partial charge in [-0.3, -0.25) is 0 Å². The highest BCUT2D eigenvalue weighted by molar-refractivity contribution is 7.80. The Balaban J connectivity index is 2.95. The average Bonchev–Trinajstić information content (AvgIpc) is 1.27. The average molecular weight is 120 g/mol. The fourth-order valence-electron chi connectivity index (χ4n) is 0.422. The first-order valence-electron chi connectivity index (χ1n) is 2.49. The summed E-state index contributed by atoms with van der Waals surface area (Å²) in [4.78, 5) is 0. The zero-order valence-electron chi connectivity index (χ0n) is 4.76. The minimum absolute atomic E-state index is 0.431. The van der Waals surface area contributed by atoms with Gasteiger partial charge in [-0.05, 0) is 12.3 Å². The zero-order valence-corrected chi connectivity index (χ0v) is 5.65. The zero-order chi connectivity index (χ0) is 5.86. The molecule has 0 aliphatic carbocycles. The van der Waals surface area contributed by atoms with Crippen molar-refractivity contribution in [2.45, 2.75) is 25.7 Å². The van der Waals surface area contributed by atoms with E-state index in [-0.39, 0.29) is 0 Å². The molecule has 1 unspecified atom stereocenters. The standard InChI is InChI=1S/C5H12OS/c1-4(2)3-5(6)7/h4-7H,3H2,1-2H3. The summed E-state index contributed by atoms with van der Waals surface area (Å²) in [6, 6.07) is 0. The maximum absolute atomic E-state index is 8.59. The van der Waals surface area contributed by atoms with E-state index in [2.05, 4.69) is 26.5 Å². The molecule has 44 valence electrons. The van der Waals surface area contributed by atoms with Crippen LogP contribution in [0.15, 0.2) is 0 Å². The topological polar surface area (TPSA) is 20.2 Å². The smallest absolute Gasteiger partial charge is 0.0967 e. The highest BCUT2D eigenvalue weighted by atomic mass is 32.1. The Bertz CT molecular complexity index is 37.3. The van der Waals surface area contributed by atoms with Crippen LogP contribution in [0.5, 0.6) is 0 Å². The third kappa shape index (κ3) is 6.31. The minimum atomic E-state index is -0.431. The van der Waals surface area contributed by atoms with Crippen molar-refractivity contribution in [2.75, 3.05) is 0 Å². The molecule has 0 fully saturated rings. The second kappa shape index (κ2) is 3.33. The van der Waals surface area contributed by atoms with Crippen LogP contribution < -0.4 is 0 Å². The number of thiol groups is 1. The summed E-state index contributed by atoms with van der Waals surface area (Å²) in [5.74, 6) is 0.549. The predicted octanol–water partition coefficient (Wildman–Crippen LogP) is 1.28. The molecule has 0 heterocycles. The third-order valence-corrected chi connectivity index (χ3v) is 0.893. The molecule has 1 nitrogen and oxygen atoms in total. The first kappa shape index (κ1) is 7.31. The van der Waals surface area contributed by atoms with Crippen molar-refractivity contribution in [3.63, 3.8) is 0 Å². The summed E-state index contributed by atoms with van der Waals surface area (Å²) < 4.78 is 0. The predicted molar refractivity (Wildman–Crippen MR) is 34.4 cm³/mol. The molecule has 0 amide bonds. The van der Waals surface area contributed by atoms with Crippen molar-refractivity contribution in [1.82, 2.24) is 0 Å². The van der Waals surface area contributed by atoms with E-state index in [0.717, 1.165) is 6.42 Å². The van der Waals surface area contributed by atoms with Crippen LogP contribution in [0, 0.1) is 5.92 Å². The molecule has 0 aromatic carbocycles. The molecule has 0 saturated heterocycles. The maximum atomic E-state index is 8.59. The molecule has 1 atom stereocenters. The van der Waals surface area contributed by atoms with E-state index < -0.39 is 5.44 Å². The van der Waals surface area contributed by atoms with Gasteiger partial charge in [0.2, 0.25) is 0 Å². The lowest BCUT2D eigenvalue weighted by molar-refractivity contribution is 0.235. The van der Waals surface area contributed by atoms with Crippen LogP contribution in [0.1, 0.15) is 20.3 Å². The summed E-state index contributed by atoms with van der Waals surface area (Å²) in [6.07, 6.45) is 0.781. The largest absolute Gasteiger partial charge is 0.383 e. The van der Waals surface area contributed by atoms with Crippen LogP contribution in [0.3, 0.4) is 0 Å². The van der Waals surface area contributed by atoms with Crippen LogP contribution in [-0.2, 0) is 0 Å². The van der Waals surface area contributed by atoms with E-state index in [1.807, 2.05) is 0 Å². The van der Waals surface area contributed by atoms with Gasteiger partial charge < -0.3 is 5.11 Å². The van der Waals surface area contributed by atoms with Gasteiger partial charge >= 0.3 is 0 Å². The van der Waals surface area contributed by atoms with Gasteiger partial charge in [0, 0.05) is 0 Å². The lowest BCUT2D eigenvalue weighted by Gasteiger charge is -2.04. The van der Waals surface area contributed by atoms with Gasteiger partial charge in [-0.1, -0.05) is 13.8 Å². The fraction of sp³-hybridized carbons (Fsp3) is 1.00. The summed E-state index contributed by atoms with van der Waals surface area (Å²) >= 11 is 3.79. The molecule has 0 rings (SSSR count). The van der Waals surface area contributed by atoms with Crippen molar-refractivity contribution >= 4 is 12.6 Å². The van der Waals surface area contributed by atoms with Crippen LogP contribution in [0.4, 0.5) is 0 Å². The molecule has 7 heavy (non-hydrogen) atoms. The Hall–Kier alpha value is 0.310. The van der Waals surface area contributed by atoms with Crippen molar-refractivity contribution in [3.8, 4) is 0 Å². The third-order valence-electron chi connectivity index (χ3n) is 0.682. The van der Waals surface area contributed by atoms with Gasteiger partial charge in [0.15, 0.2) is 0 Å². The molecule has 0 radical (unpaired) electrons. The Morgan fingerprint density at radius 1 is 1.57 bits per heavy atom. The van der Waals surface area contributed by atoms with Gasteiger partial charge in [0.25, 0.3) is 0 Å². The summed E-state index contributed by atoms with van der Waals surface area (Å²) in [6.45, 7) is 4.11. The van der Waals surface area contributed by atoms with Gasteiger partial charge in [0.05, 0.1) is 5.44 Å². The monoisotopic (exact) mass is 120 g/mol. The second-order valence-electron chi connectivity index (χ2n) is 2.11. The fourth-order valence-corrected chi connectivity index (χ4v) is 0.843. The molecule has 0 aromatic rings. The number of hydrogen-bond acceptors (Lipinski definition) is 2. The van der Waals surface area contributed by atoms with Crippen molar-refractivity contribution < 1.29 is 5.11 Å². The second-order valence-corrected chi connectivity index (χ2v) is 2.71. The Labute approximate surface area is 50.1 Å². The van der Waals surface area contributed by atoms with Crippen LogP contribution in [0.2, 0.25) is 0 Å². The van der Waals surface area contributed by atoms with E-state index >= 15 is 0 Å². The highest BCUT2D eigenvalue weighted by Gasteiger charge is 1.98. The minimum Gasteiger partial charge on any atom is -0.383 e. The Kier molecular flexibility index (Phi) is 3.48. The summed E-state index contributed by atoms with van der Waals surface area (Å²) in [7, 11) is 0. The summed E-state index contributed by atoms with van der Waals surface area (Å²) in [5, 5.41) is 8.59. The van der Waals surface area contributed by atoms with E-state index in [4.69, 9.17) is 5.11 Å². The highest BCUT2D eigenvalue weighted by Crippen LogP contribution is 2.05. The molecule has 0 aromatic heterocycles. The maximum Gasteiger partial charge on any atom is 0.0967 e.